The highest BCUT2D eigenvalue weighted by molar-refractivity contribution is 6.00. The lowest BCUT2D eigenvalue weighted by Gasteiger charge is -2.24. The van der Waals surface area contributed by atoms with Gasteiger partial charge in [0.1, 0.15) is 0 Å². The molecule has 0 unspecified atom stereocenters. The second-order valence-corrected chi connectivity index (χ2v) is 6.66. The molecule has 1 N–H and O–H groups in total. The Morgan fingerprint density at radius 3 is 2.57 bits per heavy atom. The van der Waals surface area contributed by atoms with E-state index in [9.17, 15) is 9.90 Å². The molecule has 1 amide bonds. The molecule has 0 saturated carbocycles. The lowest BCUT2D eigenvalue weighted by molar-refractivity contribution is 0.0351. The van der Waals surface area contributed by atoms with E-state index in [1.165, 1.54) is 12.8 Å². The van der Waals surface area contributed by atoms with E-state index in [1.807, 2.05) is 38.1 Å². The fourth-order valence-corrected chi connectivity index (χ4v) is 3.35. The topological polar surface area (TPSA) is 43.8 Å². The molecule has 21 heavy (non-hydrogen) atoms. The fraction of sp³-hybridized carbons (Fsp3) is 0.588. The number of likely N-dealkylation sites (tertiary alicyclic amines) is 1. The first-order valence-electron chi connectivity index (χ1n) is 7.85. The maximum atomic E-state index is 12.8. The number of carbonyl (C=O) groups is 1. The Kier molecular flexibility index (Phi) is 3.66. The summed E-state index contributed by atoms with van der Waals surface area (Å²) in [6, 6.07) is 7.86. The summed E-state index contributed by atoms with van der Waals surface area (Å²) in [7, 11) is 0. The molecule has 114 valence electrons. The third kappa shape index (κ3) is 2.64. The maximum Gasteiger partial charge on any atom is 0.256 e. The van der Waals surface area contributed by atoms with Crippen molar-refractivity contribution in [1.29, 1.82) is 0 Å². The Morgan fingerprint density at radius 1 is 1.29 bits per heavy atom. The van der Waals surface area contributed by atoms with E-state index in [1.54, 1.807) is 4.90 Å². The van der Waals surface area contributed by atoms with E-state index < -0.39 is 5.60 Å². The molecule has 3 rings (SSSR count). The number of hydrogen-bond acceptors (Lipinski definition) is 3. The molecule has 2 aliphatic rings. The Morgan fingerprint density at radius 2 is 1.95 bits per heavy atom. The van der Waals surface area contributed by atoms with Gasteiger partial charge in [-0.2, -0.15) is 0 Å². The van der Waals surface area contributed by atoms with Crippen molar-refractivity contribution in [3.8, 4) is 0 Å². The molecule has 0 aliphatic carbocycles. The normalized spacial score (nSPS) is 29.2. The lowest BCUT2D eigenvalue weighted by Crippen LogP contribution is -2.35. The van der Waals surface area contributed by atoms with Crippen molar-refractivity contribution in [2.45, 2.75) is 32.3 Å². The third-order valence-corrected chi connectivity index (χ3v) is 4.94. The molecule has 0 bridgehead atoms. The second-order valence-electron chi connectivity index (χ2n) is 6.66. The minimum atomic E-state index is -0.780. The molecule has 2 aliphatic heterocycles. The fourth-order valence-electron chi connectivity index (χ4n) is 3.35. The van der Waals surface area contributed by atoms with Gasteiger partial charge in [-0.3, -0.25) is 4.79 Å². The number of rotatable bonds is 2. The lowest BCUT2D eigenvalue weighted by atomic mass is 9.95. The highest BCUT2D eigenvalue weighted by atomic mass is 16.3. The summed E-state index contributed by atoms with van der Waals surface area (Å²) in [4.78, 5) is 16.9. The van der Waals surface area contributed by atoms with Crippen LogP contribution in [0.3, 0.4) is 0 Å². The first kappa shape index (κ1) is 14.4. The Hall–Kier alpha value is -1.55. The molecule has 2 fully saturated rings. The molecule has 2 heterocycles. The number of benzene rings is 1. The van der Waals surface area contributed by atoms with Gasteiger partial charge in [-0.1, -0.05) is 19.1 Å². The van der Waals surface area contributed by atoms with E-state index in [0.717, 1.165) is 24.3 Å². The quantitative estimate of drug-likeness (QED) is 0.906. The van der Waals surface area contributed by atoms with E-state index in [4.69, 9.17) is 0 Å². The van der Waals surface area contributed by atoms with Crippen LogP contribution >= 0.6 is 0 Å². The number of para-hydroxylation sites is 1. The van der Waals surface area contributed by atoms with Crippen molar-refractivity contribution < 1.29 is 9.90 Å². The van der Waals surface area contributed by atoms with Crippen LogP contribution in [0.15, 0.2) is 24.3 Å². The molecular formula is C17H24N2O2. The van der Waals surface area contributed by atoms with Gasteiger partial charge in [0.2, 0.25) is 0 Å². The molecule has 0 spiro atoms. The molecule has 2 saturated heterocycles. The first-order valence-corrected chi connectivity index (χ1v) is 7.85. The number of carbonyl (C=O) groups excluding carboxylic acids is 1. The SMILES string of the molecule is C[C@@H]1CN(C(=O)c2ccccc2N2CCCC2)C[C@]1(C)O. The van der Waals surface area contributed by atoms with Crippen molar-refractivity contribution in [2.24, 2.45) is 5.92 Å². The zero-order valence-corrected chi connectivity index (χ0v) is 12.9. The average molecular weight is 288 g/mol. The van der Waals surface area contributed by atoms with Crippen LogP contribution in [0.1, 0.15) is 37.0 Å². The maximum absolute atomic E-state index is 12.8. The zero-order chi connectivity index (χ0) is 15.0. The van der Waals surface area contributed by atoms with E-state index in [2.05, 4.69) is 4.90 Å². The molecular weight excluding hydrogens is 264 g/mol. The van der Waals surface area contributed by atoms with Crippen LogP contribution in [0.4, 0.5) is 5.69 Å². The predicted octanol–water partition coefficient (Wildman–Crippen LogP) is 2.13. The second kappa shape index (κ2) is 5.34. The van der Waals surface area contributed by atoms with Gasteiger partial charge in [-0.15, -0.1) is 0 Å². The molecule has 4 nitrogen and oxygen atoms in total. The van der Waals surface area contributed by atoms with Gasteiger partial charge in [-0.25, -0.2) is 0 Å². The summed E-state index contributed by atoms with van der Waals surface area (Å²) < 4.78 is 0. The van der Waals surface area contributed by atoms with Crippen LogP contribution in [0, 0.1) is 5.92 Å². The molecule has 0 aromatic heterocycles. The number of nitrogens with zero attached hydrogens (tertiary/aromatic N) is 2. The monoisotopic (exact) mass is 288 g/mol. The highest BCUT2D eigenvalue weighted by Gasteiger charge is 2.41. The first-order chi connectivity index (χ1) is 9.99. The van der Waals surface area contributed by atoms with Gasteiger partial charge < -0.3 is 14.9 Å². The summed E-state index contributed by atoms with van der Waals surface area (Å²) in [6.07, 6.45) is 2.38. The third-order valence-electron chi connectivity index (χ3n) is 4.94. The molecule has 0 radical (unpaired) electrons. The Balaban J connectivity index is 1.85. The molecule has 1 aromatic carbocycles. The average Bonchev–Trinajstić information content (AvgIpc) is 3.07. The zero-order valence-electron chi connectivity index (χ0n) is 12.9. The van der Waals surface area contributed by atoms with Crippen LogP contribution in [0.2, 0.25) is 0 Å². The van der Waals surface area contributed by atoms with Gasteiger partial charge in [-0.05, 0) is 31.9 Å². The van der Waals surface area contributed by atoms with Crippen molar-refractivity contribution in [3.63, 3.8) is 0 Å². The summed E-state index contributed by atoms with van der Waals surface area (Å²) in [5.74, 6) is 0.155. The van der Waals surface area contributed by atoms with E-state index >= 15 is 0 Å². The number of hydrogen-bond donors (Lipinski definition) is 1. The van der Waals surface area contributed by atoms with Crippen LogP contribution in [-0.4, -0.2) is 47.7 Å². The summed E-state index contributed by atoms with van der Waals surface area (Å²) in [5.41, 5.74) is 1.03. The molecule has 2 atom stereocenters. The van der Waals surface area contributed by atoms with E-state index in [0.29, 0.717) is 13.1 Å². The standard InChI is InChI=1S/C17H24N2O2/c1-13-11-19(12-17(13,2)21)16(20)14-7-3-4-8-15(14)18-9-5-6-10-18/h3-4,7-8,13,21H,5-6,9-12H2,1-2H3/t13-,17+/m1/s1. The smallest absolute Gasteiger partial charge is 0.256 e. The van der Waals surface area contributed by atoms with Gasteiger partial charge in [0.05, 0.1) is 11.2 Å². The van der Waals surface area contributed by atoms with Gasteiger partial charge in [0.15, 0.2) is 0 Å². The molecule has 1 aromatic rings. The van der Waals surface area contributed by atoms with Gasteiger partial charge >= 0.3 is 0 Å². The van der Waals surface area contributed by atoms with Gasteiger partial charge in [0.25, 0.3) is 5.91 Å². The van der Waals surface area contributed by atoms with Crippen LogP contribution in [-0.2, 0) is 0 Å². The number of aliphatic hydroxyl groups is 1. The predicted molar refractivity (Wildman–Crippen MR) is 83.6 cm³/mol. The van der Waals surface area contributed by atoms with Crippen LogP contribution in [0.25, 0.3) is 0 Å². The number of amides is 1. The van der Waals surface area contributed by atoms with Crippen molar-refractivity contribution >= 4 is 11.6 Å². The Labute approximate surface area is 126 Å². The van der Waals surface area contributed by atoms with Crippen LogP contribution in [0.5, 0.6) is 0 Å². The van der Waals surface area contributed by atoms with E-state index in [-0.39, 0.29) is 11.8 Å². The van der Waals surface area contributed by atoms with Crippen LogP contribution < -0.4 is 4.90 Å². The van der Waals surface area contributed by atoms with Crippen molar-refractivity contribution in [3.05, 3.63) is 29.8 Å². The van der Waals surface area contributed by atoms with Crippen molar-refractivity contribution in [1.82, 2.24) is 4.90 Å². The largest absolute Gasteiger partial charge is 0.388 e. The summed E-state index contributed by atoms with van der Waals surface area (Å²) >= 11 is 0. The molecule has 4 heteroatoms. The van der Waals surface area contributed by atoms with Crippen molar-refractivity contribution in [2.75, 3.05) is 31.1 Å². The summed E-state index contributed by atoms with van der Waals surface area (Å²) in [6.45, 7) is 6.91. The number of anilines is 1. The minimum Gasteiger partial charge on any atom is -0.388 e. The highest BCUT2D eigenvalue weighted by Crippen LogP contribution is 2.31. The number of β-amino-alcohol motifs (C(OH)–C–C–N with tert-alkyl or cyclic N) is 1. The summed E-state index contributed by atoms with van der Waals surface area (Å²) in [5, 5.41) is 10.3. The van der Waals surface area contributed by atoms with Gasteiger partial charge in [0, 0.05) is 37.8 Å². The Bertz CT molecular complexity index is 535. The minimum absolute atomic E-state index is 0.0436.